The average molecular weight is 518 g/mol. The van der Waals surface area contributed by atoms with Crippen LogP contribution in [0.15, 0.2) is 43.0 Å². The number of fused-ring (bicyclic) bond motifs is 1. The van der Waals surface area contributed by atoms with Crippen LogP contribution in [0.4, 0.5) is 5.82 Å². The molecule has 0 aliphatic carbocycles. The van der Waals surface area contributed by atoms with Crippen LogP contribution in [-0.4, -0.2) is 58.6 Å². The summed E-state index contributed by atoms with van der Waals surface area (Å²) in [4.78, 5) is 25.7. The molecule has 0 radical (unpaired) electrons. The Morgan fingerprint density at radius 3 is 2.66 bits per heavy atom. The minimum absolute atomic E-state index is 0.0693. The fourth-order valence-corrected chi connectivity index (χ4v) is 4.88. The van der Waals surface area contributed by atoms with E-state index in [1.165, 1.54) is 6.33 Å². The number of hydrogen-bond acceptors (Lipinski definition) is 7. The van der Waals surface area contributed by atoms with Gasteiger partial charge in [-0.15, -0.1) is 0 Å². The first kappa shape index (κ1) is 25.7. The molecule has 35 heavy (non-hydrogen) atoms. The number of nitrogens with zero attached hydrogens (tertiary/aromatic N) is 4. The van der Waals surface area contributed by atoms with Gasteiger partial charge in [-0.2, -0.15) is 0 Å². The molecule has 3 heterocycles. The number of nitrogens with one attached hydrogen (secondary N) is 1. The van der Waals surface area contributed by atoms with Gasteiger partial charge < -0.3 is 19.2 Å². The van der Waals surface area contributed by atoms with E-state index in [0.29, 0.717) is 35.6 Å². The van der Waals surface area contributed by atoms with E-state index in [4.69, 9.17) is 25.5 Å². The van der Waals surface area contributed by atoms with Crippen LogP contribution in [-0.2, 0) is 13.9 Å². The van der Waals surface area contributed by atoms with E-state index in [2.05, 4.69) is 54.1 Å². The molecule has 3 atom stereocenters. The van der Waals surface area contributed by atoms with Crippen LogP contribution in [0.2, 0.25) is 18.1 Å². The molecule has 0 spiro atoms. The molecule has 1 aromatic carbocycles. The SMILES string of the molecule is CC(C)(C)[Si](C)(C)OC[C@H]1O[C@@H](n2cnc3c(NC(=O)c4ccccc4)ncnc32)CC1OCCl. The zero-order valence-electron chi connectivity index (χ0n) is 20.7. The number of rotatable bonds is 8. The van der Waals surface area contributed by atoms with Crippen molar-refractivity contribution in [3.05, 3.63) is 48.5 Å². The molecule has 9 nitrogen and oxygen atoms in total. The molecule has 0 saturated carbocycles. The molecule has 1 fully saturated rings. The lowest BCUT2D eigenvalue weighted by molar-refractivity contribution is -0.0512. The van der Waals surface area contributed by atoms with Crippen LogP contribution in [0.25, 0.3) is 11.2 Å². The van der Waals surface area contributed by atoms with Gasteiger partial charge in [0.05, 0.1) is 19.0 Å². The fourth-order valence-electron chi connectivity index (χ4n) is 3.71. The second-order valence-corrected chi connectivity index (χ2v) is 15.1. The summed E-state index contributed by atoms with van der Waals surface area (Å²) in [6, 6.07) is 9.01. The Kier molecular flexibility index (Phi) is 7.58. The second kappa shape index (κ2) is 10.3. The number of alkyl halides is 1. The molecule has 1 N–H and O–H groups in total. The number of hydrogen-bond donors (Lipinski definition) is 1. The number of halogens is 1. The molecule has 2 aromatic heterocycles. The van der Waals surface area contributed by atoms with E-state index >= 15 is 0 Å². The third kappa shape index (κ3) is 5.57. The summed E-state index contributed by atoms with van der Waals surface area (Å²) in [5.74, 6) is 0.0719. The van der Waals surface area contributed by atoms with Crippen molar-refractivity contribution in [3.63, 3.8) is 0 Å². The van der Waals surface area contributed by atoms with Crippen LogP contribution < -0.4 is 5.32 Å². The third-order valence-corrected chi connectivity index (χ3v) is 11.4. The number of carbonyl (C=O) groups excluding carboxylic acids is 1. The summed E-state index contributed by atoms with van der Waals surface area (Å²) < 4.78 is 20.4. The zero-order chi connectivity index (χ0) is 25.2. The van der Waals surface area contributed by atoms with Crippen molar-refractivity contribution in [1.29, 1.82) is 0 Å². The Labute approximate surface area is 211 Å². The highest BCUT2D eigenvalue weighted by atomic mass is 35.5. The lowest BCUT2D eigenvalue weighted by Crippen LogP contribution is -2.44. The minimum Gasteiger partial charge on any atom is -0.414 e. The predicted octanol–water partition coefficient (Wildman–Crippen LogP) is 4.97. The molecule has 0 bridgehead atoms. The largest absolute Gasteiger partial charge is 0.414 e. The molecular weight excluding hydrogens is 486 g/mol. The fraction of sp³-hybridized carbons (Fsp3) is 0.500. The Morgan fingerprint density at radius 2 is 1.97 bits per heavy atom. The quantitative estimate of drug-likeness (QED) is 0.332. The molecule has 11 heteroatoms. The maximum Gasteiger partial charge on any atom is 0.256 e. The van der Waals surface area contributed by atoms with Crippen molar-refractivity contribution in [2.75, 3.05) is 18.0 Å². The Balaban J connectivity index is 1.53. The zero-order valence-corrected chi connectivity index (χ0v) is 22.5. The highest BCUT2D eigenvalue weighted by Gasteiger charge is 2.42. The van der Waals surface area contributed by atoms with Crippen LogP contribution in [0.3, 0.4) is 0 Å². The summed E-state index contributed by atoms with van der Waals surface area (Å²) in [7, 11) is -1.96. The molecule has 1 amide bonds. The molecule has 1 aliphatic rings. The van der Waals surface area contributed by atoms with Crippen LogP contribution in [0.1, 0.15) is 43.8 Å². The van der Waals surface area contributed by atoms with Gasteiger partial charge >= 0.3 is 0 Å². The summed E-state index contributed by atoms with van der Waals surface area (Å²) in [6.07, 6.45) is 2.76. The van der Waals surface area contributed by atoms with Gasteiger partial charge in [0.25, 0.3) is 5.91 Å². The standard InChI is InChI=1S/C24H32ClN5O4Si/c1-24(2,3)35(4,5)33-12-18-17(32-13-25)11-19(34-18)30-15-28-20-21(26-14-27-22(20)30)29-23(31)16-9-7-6-8-10-16/h6-10,14-15,17-19H,11-13H2,1-5H3,(H,26,27,29,31)/t17?,18-,19-/m1/s1. The van der Waals surface area contributed by atoms with Gasteiger partial charge in [0.15, 0.2) is 25.3 Å². The van der Waals surface area contributed by atoms with E-state index in [9.17, 15) is 4.79 Å². The summed E-state index contributed by atoms with van der Waals surface area (Å²) >= 11 is 5.91. The number of carbonyl (C=O) groups is 1. The van der Waals surface area contributed by atoms with Crippen LogP contribution >= 0.6 is 11.6 Å². The monoisotopic (exact) mass is 517 g/mol. The highest BCUT2D eigenvalue weighted by molar-refractivity contribution is 6.74. The van der Waals surface area contributed by atoms with Gasteiger partial charge in [-0.05, 0) is 30.3 Å². The molecule has 1 unspecified atom stereocenters. The van der Waals surface area contributed by atoms with E-state index in [1.807, 2.05) is 10.6 Å². The number of imidazole rings is 1. The number of amides is 1. The summed E-state index contributed by atoms with van der Waals surface area (Å²) in [5, 5.41) is 2.92. The van der Waals surface area contributed by atoms with Crippen molar-refractivity contribution in [2.45, 2.75) is 63.8 Å². The maximum absolute atomic E-state index is 12.6. The van der Waals surface area contributed by atoms with E-state index < -0.39 is 8.32 Å². The second-order valence-electron chi connectivity index (χ2n) is 10.1. The Bertz CT molecular complexity index is 1170. The van der Waals surface area contributed by atoms with Crippen molar-refractivity contribution >= 4 is 42.8 Å². The van der Waals surface area contributed by atoms with E-state index in [1.54, 1.807) is 30.6 Å². The normalized spacial score (nSPS) is 20.9. The lowest BCUT2D eigenvalue weighted by atomic mass is 10.2. The maximum atomic E-state index is 12.6. The first-order valence-electron chi connectivity index (χ1n) is 11.6. The lowest BCUT2D eigenvalue weighted by Gasteiger charge is -2.37. The number of benzene rings is 1. The third-order valence-electron chi connectivity index (χ3n) is 6.81. The van der Waals surface area contributed by atoms with Gasteiger partial charge in [-0.1, -0.05) is 50.6 Å². The van der Waals surface area contributed by atoms with Gasteiger partial charge in [0, 0.05) is 12.0 Å². The highest BCUT2D eigenvalue weighted by Crippen LogP contribution is 2.38. The van der Waals surface area contributed by atoms with Crippen molar-refractivity contribution in [1.82, 2.24) is 19.5 Å². The Hall–Kier alpha value is -2.37. The van der Waals surface area contributed by atoms with E-state index in [0.717, 1.165) is 0 Å². The molecule has 1 saturated heterocycles. The average Bonchev–Trinajstić information content (AvgIpc) is 3.42. The smallest absolute Gasteiger partial charge is 0.256 e. The molecule has 188 valence electrons. The van der Waals surface area contributed by atoms with Crippen LogP contribution in [0.5, 0.6) is 0 Å². The summed E-state index contributed by atoms with van der Waals surface area (Å²) in [5.41, 5.74) is 1.57. The van der Waals surface area contributed by atoms with Crippen molar-refractivity contribution in [3.8, 4) is 0 Å². The summed E-state index contributed by atoms with van der Waals surface area (Å²) in [6.45, 7) is 11.5. The van der Waals surface area contributed by atoms with Gasteiger partial charge in [0.1, 0.15) is 24.7 Å². The van der Waals surface area contributed by atoms with E-state index in [-0.39, 0.29) is 35.4 Å². The van der Waals surface area contributed by atoms with Crippen molar-refractivity contribution < 1.29 is 18.7 Å². The van der Waals surface area contributed by atoms with Gasteiger partial charge in [-0.3, -0.25) is 9.36 Å². The van der Waals surface area contributed by atoms with Gasteiger partial charge in [0.2, 0.25) is 0 Å². The molecule has 1 aliphatic heterocycles. The Morgan fingerprint density at radius 1 is 1.23 bits per heavy atom. The topological polar surface area (TPSA) is 100 Å². The minimum atomic E-state index is -1.96. The number of ether oxygens (including phenoxy) is 2. The number of aromatic nitrogens is 4. The predicted molar refractivity (Wildman–Crippen MR) is 137 cm³/mol. The molecular formula is C24H32ClN5O4Si. The van der Waals surface area contributed by atoms with Crippen molar-refractivity contribution in [2.24, 2.45) is 0 Å². The van der Waals surface area contributed by atoms with Crippen LogP contribution in [0, 0.1) is 0 Å². The first-order chi connectivity index (χ1) is 16.6. The molecule has 4 rings (SSSR count). The molecule has 3 aromatic rings. The first-order valence-corrected chi connectivity index (χ1v) is 15.1. The number of anilines is 1. The van der Waals surface area contributed by atoms with Gasteiger partial charge in [-0.25, -0.2) is 15.0 Å².